The van der Waals surface area contributed by atoms with Crippen molar-refractivity contribution in [2.45, 2.75) is 11.8 Å². The van der Waals surface area contributed by atoms with E-state index in [2.05, 4.69) is 42.0 Å². The number of hydrogen-bond acceptors (Lipinski definition) is 4. The van der Waals surface area contributed by atoms with Crippen LogP contribution in [0.5, 0.6) is 5.75 Å². The van der Waals surface area contributed by atoms with Crippen LogP contribution in [0.25, 0.3) is 6.08 Å². The number of allylic oxidation sites excluding steroid dienone is 2. The van der Waals surface area contributed by atoms with Gasteiger partial charge in [-0.3, -0.25) is 4.79 Å². The fourth-order valence-electron chi connectivity index (χ4n) is 3.84. The Morgan fingerprint density at radius 3 is 2.50 bits per heavy atom. The summed E-state index contributed by atoms with van der Waals surface area (Å²) in [6.07, 6.45) is 5.92. The highest BCUT2D eigenvalue weighted by Gasteiger charge is 2.38. The lowest BCUT2D eigenvalue weighted by Gasteiger charge is -2.35. The van der Waals surface area contributed by atoms with Crippen LogP contribution in [0.15, 0.2) is 73.3 Å². The monoisotopic (exact) mass is 371 g/mol. The van der Waals surface area contributed by atoms with Crippen molar-refractivity contribution in [2.24, 2.45) is 0 Å². The summed E-state index contributed by atoms with van der Waals surface area (Å²) in [5, 5.41) is 4.25. The summed E-state index contributed by atoms with van der Waals surface area (Å²) in [5.41, 5.74) is 9.41. The van der Waals surface area contributed by atoms with E-state index in [1.807, 2.05) is 36.4 Å². The summed E-state index contributed by atoms with van der Waals surface area (Å²) < 4.78 is 6.68. The minimum Gasteiger partial charge on any atom is -0.497 e. The molecule has 1 atom stereocenters. The second-order valence-corrected chi connectivity index (χ2v) is 6.78. The topological polar surface area (TPSA) is 70.1 Å². The summed E-state index contributed by atoms with van der Waals surface area (Å²) in [7, 11) is 1.65. The van der Waals surface area contributed by atoms with Crippen LogP contribution in [-0.4, -0.2) is 22.8 Å². The van der Waals surface area contributed by atoms with Gasteiger partial charge in [0.25, 0.3) is 5.91 Å². The molecule has 1 heterocycles. The fraction of sp³-hybridized carbons (Fsp3) is 0.130. The number of aromatic nitrogens is 2. The number of methoxy groups -OCH3 is 1. The predicted octanol–water partition coefficient (Wildman–Crippen LogP) is 3.86. The zero-order valence-electron chi connectivity index (χ0n) is 15.6. The number of nitrogens with zero attached hydrogens (tertiary/aromatic N) is 2. The molecule has 5 nitrogen and oxygen atoms in total. The first-order valence-corrected chi connectivity index (χ1v) is 9.02. The average Bonchev–Trinajstić information content (AvgIpc) is 3.09. The van der Waals surface area contributed by atoms with Gasteiger partial charge in [-0.1, -0.05) is 61.2 Å². The number of benzene rings is 2. The highest BCUT2D eigenvalue weighted by atomic mass is 16.5. The number of hydrogen-bond donors (Lipinski definition) is 1. The lowest BCUT2D eigenvalue weighted by atomic mass is 9.68. The number of fused-ring (bicyclic) bond motifs is 1. The van der Waals surface area contributed by atoms with Gasteiger partial charge in [-0.2, -0.15) is 4.68 Å². The van der Waals surface area contributed by atoms with Crippen LogP contribution < -0.4 is 10.5 Å². The SMILES string of the molecule is C=CC(=O)n1nc(N)c2c1CC(c1ccccc1)(c1ccc(OC)cc1)C=C2. The smallest absolute Gasteiger partial charge is 0.270 e. The second-order valence-electron chi connectivity index (χ2n) is 6.78. The molecule has 4 rings (SSSR count). The van der Waals surface area contributed by atoms with Crippen molar-refractivity contribution in [3.8, 4) is 5.75 Å². The number of nitrogens with two attached hydrogens (primary N) is 1. The molecule has 5 heteroatoms. The summed E-state index contributed by atoms with van der Waals surface area (Å²) in [4.78, 5) is 12.4. The van der Waals surface area contributed by atoms with Gasteiger partial charge in [0.15, 0.2) is 5.82 Å². The van der Waals surface area contributed by atoms with Gasteiger partial charge in [0.2, 0.25) is 0 Å². The maximum atomic E-state index is 12.4. The number of ether oxygens (including phenoxy) is 1. The number of anilines is 1. The molecule has 0 radical (unpaired) electrons. The average molecular weight is 371 g/mol. The van der Waals surface area contributed by atoms with Gasteiger partial charge in [-0.15, -0.1) is 5.10 Å². The van der Waals surface area contributed by atoms with Crippen molar-refractivity contribution < 1.29 is 9.53 Å². The number of rotatable bonds is 4. The Bertz CT molecular complexity index is 1070. The molecule has 1 aliphatic rings. The first-order valence-electron chi connectivity index (χ1n) is 9.02. The van der Waals surface area contributed by atoms with Gasteiger partial charge in [0.05, 0.1) is 12.8 Å². The molecule has 140 valence electrons. The first kappa shape index (κ1) is 17.8. The van der Waals surface area contributed by atoms with Gasteiger partial charge < -0.3 is 10.5 Å². The molecular weight excluding hydrogens is 350 g/mol. The van der Waals surface area contributed by atoms with Gasteiger partial charge in [0, 0.05) is 17.4 Å². The van der Waals surface area contributed by atoms with E-state index < -0.39 is 5.41 Å². The fourth-order valence-corrected chi connectivity index (χ4v) is 3.84. The van der Waals surface area contributed by atoms with Crippen molar-refractivity contribution >= 4 is 17.8 Å². The molecule has 0 fully saturated rings. The molecule has 0 saturated carbocycles. The lowest BCUT2D eigenvalue weighted by molar-refractivity contribution is 0.0950. The van der Waals surface area contributed by atoms with E-state index in [9.17, 15) is 4.79 Å². The van der Waals surface area contributed by atoms with Gasteiger partial charge in [-0.25, -0.2) is 0 Å². The molecule has 28 heavy (non-hydrogen) atoms. The highest BCUT2D eigenvalue weighted by Crippen LogP contribution is 2.43. The van der Waals surface area contributed by atoms with Crippen LogP contribution in [0, 0.1) is 0 Å². The molecule has 0 bridgehead atoms. The minimum atomic E-state index is -0.452. The maximum absolute atomic E-state index is 12.4. The third kappa shape index (κ3) is 2.72. The molecule has 2 aromatic carbocycles. The van der Waals surface area contributed by atoms with Gasteiger partial charge in [-0.05, 0) is 29.3 Å². The molecular formula is C23H21N3O2. The summed E-state index contributed by atoms with van der Waals surface area (Å²) in [5.74, 6) is 0.848. The van der Waals surface area contributed by atoms with Crippen LogP contribution in [-0.2, 0) is 11.8 Å². The van der Waals surface area contributed by atoms with E-state index in [1.54, 1.807) is 7.11 Å². The number of carbonyl (C=O) groups excluding carboxylic acids is 1. The number of carbonyl (C=O) groups is 1. The van der Waals surface area contributed by atoms with Crippen molar-refractivity contribution in [1.29, 1.82) is 0 Å². The van der Waals surface area contributed by atoms with Crippen LogP contribution in [0.4, 0.5) is 5.82 Å². The minimum absolute atomic E-state index is 0.292. The third-order valence-electron chi connectivity index (χ3n) is 5.31. The van der Waals surface area contributed by atoms with Crippen molar-refractivity contribution in [3.63, 3.8) is 0 Å². The van der Waals surface area contributed by atoms with Crippen LogP contribution in [0.2, 0.25) is 0 Å². The molecule has 1 unspecified atom stereocenters. The normalized spacial score (nSPS) is 17.8. The Labute approximate surface area is 163 Å². The molecule has 0 aliphatic heterocycles. The molecule has 1 aromatic heterocycles. The Morgan fingerprint density at radius 1 is 1.18 bits per heavy atom. The maximum Gasteiger partial charge on any atom is 0.270 e. The second kappa shape index (κ2) is 6.85. The van der Waals surface area contributed by atoms with E-state index in [-0.39, 0.29) is 5.91 Å². The van der Waals surface area contributed by atoms with Gasteiger partial charge >= 0.3 is 0 Å². The number of nitrogen functional groups attached to an aromatic ring is 1. The molecule has 0 saturated heterocycles. The van der Waals surface area contributed by atoms with E-state index in [0.717, 1.165) is 28.1 Å². The molecule has 0 spiro atoms. The first-order chi connectivity index (χ1) is 13.6. The Balaban J connectivity index is 1.92. The van der Waals surface area contributed by atoms with Crippen LogP contribution in [0.1, 0.15) is 27.2 Å². The zero-order valence-corrected chi connectivity index (χ0v) is 15.6. The highest BCUT2D eigenvalue weighted by molar-refractivity contribution is 5.90. The van der Waals surface area contributed by atoms with Crippen molar-refractivity contribution in [1.82, 2.24) is 9.78 Å². The molecule has 2 N–H and O–H groups in total. The third-order valence-corrected chi connectivity index (χ3v) is 5.31. The molecule has 1 aliphatic carbocycles. The molecule has 3 aromatic rings. The lowest BCUT2D eigenvalue weighted by Crippen LogP contribution is -2.32. The van der Waals surface area contributed by atoms with E-state index >= 15 is 0 Å². The Morgan fingerprint density at radius 2 is 1.86 bits per heavy atom. The van der Waals surface area contributed by atoms with E-state index in [1.165, 1.54) is 10.8 Å². The largest absolute Gasteiger partial charge is 0.497 e. The van der Waals surface area contributed by atoms with Gasteiger partial charge in [0.1, 0.15) is 5.75 Å². The Hall–Kier alpha value is -3.60. The zero-order chi connectivity index (χ0) is 19.7. The van der Waals surface area contributed by atoms with Crippen molar-refractivity contribution in [3.05, 3.63) is 95.7 Å². The molecule has 0 amide bonds. The quantitative estimate of drug-likeness (QED) is 0.707. The van der Waals surface area contributed by atoms with E-state index in [0.29, 0.717) is 12.2 Å². The standard InChI is InChI=1S/C23H21N3O2/c1-3-21(27)26-20-15-23(16-7-5-4-6-8-16,14-13-19(20)22(24)25-26)17-9-11-18(28-2)12-10-17/h3-14H,1,15H2,2H3,(H2,24,25). The summed E-state index contributed by atoms with van der Waals surface area (Å²) >= 11 is 0. The van der Waals surface area contributed by atoms with Crippen LogP contribution in [0.3, 0.4) is 0 Å². The van der Waals surface area contributed by atoms with Crippen LogP contribution >= 0.6 is 0 Å². The van der Waals surface area contributed by atoms with Crippen molar-refractivity contribution in [2.75, 3.05) is 12.8 Å². The Kier molecular flexibility index (Phi) is 4.35. The summed E-state index contributed by atoms with van der Waals surface area (Å²) in [6.45, 7) is 3.58. The van der Waals surface area contributed by atoms with E-state index in [4.69, 9.17) is 10.5 Å². The predicted molar refractivity (Wildman–Crippen MR) is 110 cm³/mol. The summed E-state index contributed by atoms with van der Waals surface area (Å²) in [6, 6.07) is 18.2.